The lowest BCUT2D eigenvalue weighted by molar-refractivity contribution is -0.182. The number of hydrogen-bond acceptors (Lipinski definition) is 7. The fraction of sp³-hybridized carbons (Fsp3) is 0.500. The van der Waals surface area contributed by atoms with Gasteiger partial charge in [0.25, 0.3) is 0 Å². The maximum absolute atomic E-state index is 13.8. The number of primary amides is 1. The van der Waals surface area contributed by atoms with E-state index >= 15 is 0 Å². The second-order valence-electron chi connectivity index (χ2n) is 10.2. The molecule has 1 aromatic carbocycles. The van der Waals surface area contributed by atoms with Crippen molar-refractivity contribution in [2.75, 3.05) is 0 Å². The molecule has 3 aliphatic carbocycles. The Balaban J connectivity index is 1.94. The van der Waals surface area contributed by atoms with Gasteiger partial charge >= 0.3 is 0 Å². The second-order valence-corrected chi connectivity index (χ2v) is 10.2. The van der Waals surface area contributed by atoms with E-state index in [4.69, 9.17) is 5.73 Å². The van der Waals surface area contributed by atoms with E-state index in [0.717, 1.165) is 5.57 Å². The number of nitrogens with two attached hydrogens (primary N) is 1. The Kier molecular flexibility index (Phi) is 5.63. The molecule has 8 heteroatoms. The van der Waals surface area contributed by atoms with Crippen molar-refractivity contribution in [2.45, 2.75) is 45.1 Å². The van der Waals surface area contributed by atoms with E-state index in [9.17, 15) is 34.2 Å². The maximum Gasteiger partial charge on any atom is 0.235 e. The molecule has 2 saturated carbocycles. The third-order valence-electron chi connectivity index (χ3n) is 8.24. The lowest BCUT2D eigenvalue weighted by atomic mass is 9.47. The van der Waals surface area contributed by atoms with Crippen LogP contribution in [-0.2, 0) is 19.2 Å². The first-order valence-electron chi connectivity index (χ1n) is 11.5. The van der Waals surface area contributed by atoms with Gasteiger partial charge in [-0.1, -0.05) is 45.1 Å². The molecule has 0 radical (unpaired) electrons. The molecular weight excluding hydrogens is 438 g/mol. The molecule has 34 heavy (non-hydrogen) atoms. The summed E-state index contributed by atoms with van der Waals surface area (Å²) >= 11 is 0. The number of fused-ring (bicyclic) bond motifs is 3. The Hall–Kier alpha value is -3.13. The Bertz CT molecular complexity index is 1150. The molecule has 4 rings (SSSR count). The summed E-state index contributed by atoms with van der Waals surface area (Å²) < 4.78 is 0. The average molecular weight is 468 g/mol. The van der Waals surface area contributed by atoms with Crippen LogP contribution in [0.5, 0.6) is 5.75 Å². The zero-order valence-corrected chi connectivity index (χ0v) is 19.4. The fourth-order valence-electron chi connectivity index (χ4n) is 6.35. The lowest BCUT2D eigenvalue weighted by Gasteiger charge is -2.55. The zero-order chi connectivity index (χ0) is 25.3. The van der Waals surface area contributed by atoms with Crippen LogP contribution in [0.2, 0.25) is 0 Å². The van der Waals surface area contributed by atoms with Crippen molar-refractivity contribution in [3.05, 3.63) is 41.5 Å². The summed E-state index contributed by atoms with van der Waals surface area (Å²) in [4.78, 5) is 65.4. The smallest absolute Gasteiger partial charge is 0.235 e. The van der Waals surface area contributed by atoms with Crippen LogP contribution in [0.25, 0.3) is 0 Å². The monoisotopic (exact) mass is 467 g/mol. The van der Waals surface area contributed by atoms with E-state index in [1.807, 2.05) is 20.8 Å². The van der Waals surface area contributed by atoms with Crippen LogP contribution in [0.3, 0.4) is 0 Å². The summed E-state index contributed by atoms with van der Waals surface area (Å²) in [5.74, 6) is -11.2. The number of Topliss-reactive ketones (excluding diaryl/α,β-unsaturated/α-hetero) is 4. The molecule has 0 bridgehead atoms. The van der Waals surface area contributed by atoms with E-state index in [2.05, 4.69) is 6.58 Å². The number of ketones is 4. The first-order chi connectivity index (χ1) is 15.8. The molecule has 1 amide bonds. The summed E-state index contributed by atoms with van der Waals surface area (Å²) in [5.41, 5.74) is 3.94. The minimum Gasteiger partial charge on any atom is -0.507 e. The number of carbonyl (C=O) groups is 5. The molecule has 0 spiro atoms. The van der Waals surface area contributed by atoms with E-state index in [0.29, 0.717) is 5.56 Å². The maximum atomic E-state index is 13.8. The number of allylic oxidation sites excluding steroid dienone is 1. The number of aromatic hydroxyl groups is 1. The van der Waals surface area contributed by atoms with Gasteiger partial charge in [0.1, 0.15) is 5.75 Å². The number of amides is 1. The van der Waals surface area contributed by atoms with Crippen LogP contribution in [0, 0.1) is 35.5 Å². The van der Waals surface area contributed by atoms with Crippen LogP contribution in [0.15, 0.2) is 30.4 Å². The van der Waals surface area contributed by atoms with Crippen LogP contribution in [0.4, 0.5) is 0 Å². The minimum atomic E-state index is -2.70. The predicted molar refractivity (Wildman–Crippen MR) is 121 cm³/mol. The molecule has 1 aromatic rings. The van der Waals surface area contributed by atoms with Crippen LogP contribution >= 0.6 is 0 Å². The number of hydrogen-bond donors (Lipinski definition) is 3. The Morgan fingerprint density at radius 1 is 1.21 bits per heavy atom. The molecule has 7 atom stereocenters. The normalized spacial score (nSPS) is 35.0. The van der Waals surface area contributed by atoms with Gasteiger partial charge in [-0.15, -0.1) is 0 Å². The third-order valence-corrected chi connectivity index (χ3v) is 8.24. The Morgan fingerprint density at radius 3 is 2.44 bits per heavy atom. The summed E-state index contributed by atoms with van der Waals surface area (Å²) in [5, 5.41) is 22.1. The van der Waals surface area contributed by atoms with E-state index < -0.39 is 64.2 Å². The minimum absolute atomic E-state index is 0.00104. The number of aliphatic hydroxyl groups is 1. The average Bonchev–Trinajstić information content (AvgIpc) is 2.75. The highest BCUT2D eigenvalue weighted by Crippen LogP contribution is 2.57. The SMILES string of the molecule is C=C(C[C@H]1[C@H]2C(C(=O)c3c(O)cccc3[C@@H]2C)C(=O)[C@]2(O)C(=O)C(C(N)=O)C(=O)C[C@H]12)C(C)C. The summed E-state index contributed by atoms with van der Waals surface area (Å²) in [6.45, 7) is 9.82. The molecule has 2 unspecified atom stereocenters. The molecule has 0 heterocycles. The Labute approximate surface area is 197 Å². The van der Waals surface area contributed by atoms with Crippen molar-refractivity contribution in [2.24, 2.45) is 41.2 Å². The molecule has 0 aromatic heterocycles. The molecular formula is C26H29NO7. The number of rotatable bonds is 4. The first-order valence-corrected chi connectivity index (χ1v) is 11.5. The summed E-state index contributed by atoms with van der Waals surface area (Å²) in [6, 6.07) is 4.68. The van der Waals surface area contributed by atoms with E-state index in [-0.39, 0.29) is 36.0 Å². The Morgan fingerprint density at radius 2 is 1.85 bits per heavy atom. The van der Waals surface area contributed by atoms with Gasteiger partial charge in [-0.3, -0.25) is 24.0 Å². The highest BCUT2D eigenvalue weighted by molar-refractivity contribution is 6.31. The number of carbonyl (C=O) groups excluding carboxylic acids is 5. The molecule has 8 nitrogen and oxygen atoms in total. The van der Waals surface area contributed by atoms with Gasteiger partial charge in [-0.05, 0) is 41.7 Å². The van der Waals surface area contributed by atoms with Gasteiger partial charge in [-0.25, -0.2) is 0 Å². The quantitative estimate of drug-likeness (QED) is 0.450. The molecule has 3 aliphatic rings. The van der Waals surface area contributed by atoms with Gasteiger partial charge in [0.05, 0.1) is 11.5 Å². The fourth-order valence-corrected chi connectivity index (χ4v) is 6.35. The van der Waals surface area contributed by atoms with Gasteiger partial charge in [0.15, 0.2) is 34.7 Å². The summed E-state index contributed by atoms with van der Waals surface area (Å²) in [6.07, 6.45) is -0.0959. The van der Waals surface area contributed by atoms with Crippen LogP contribution in [-0.4, -0.2) is 44.9 Å². The molecule has 2 fully saturated rings. The summed E-state index contributed by atoms with van der Waals surface area (Å²) in [7, 11) is 0. The second kappa shape index (κ2) is 7.98. The molecule has 0 saturated heterocycles. The number of phenols is 1. The standard InChI is InChI=1S/C26H29NO7/c1-10(2)11(3)8-14-15-9-17(29)20(25(27)33)23(31)26(15,34)24(32)21-18(14)12(4)13-6-5-7-16(28)19(13)22(21)30/h5-7,10,12,14-15,18,20-21,28,34H,3,8-9H2,1-2,4H3,(H2,27,33)/t12-,14+,15+,18-,20?,21?,26+/m0/s1. The highest BCUT2D eigenvalue weighted by atomic mass is 16.3. The molecule has 180 valence electrons. The van der Waals surface area contributed by atoms with Gasteiger partial charge < -0.3 is 15.9 Å². The highest BCUT2D eigenvalue weighted by Gasteiger charge is 2.69. The van der Waals surface area contributed by atoms with Crippen LogP contribution in [0.1, 0.15) is 55.5 Å². The largest absolute Gasteiger partial charge is 0.507 e. The van der Waals surface area contributed by atoms with Gasteiger partial charge in [-0.2, -0.15) is 0 Å². The van der Waals surface area contributed by atoms with E-state index in [1.54, 1.807) is 12.1 Å². The predicted octanol–water partition coefficient (Wildman–Crippen LogP) is 1.72. The van der Waals surface area contributed by atoms with Crippen molar-refractivity contribution in [3.8, 4) is 5.75 Å². The van der Waals surface area contributed by atoms with Crippen LogP contribution < -0.4 is 5.73 Å². The van der Waals surface area contributed by atoms with Crippen molar-refractivity contribution in [1.82, 2.24) is 0 Å². The van der Waals surface area contributed by atoms with Crippen molar-refractivity contribution in [3.63, 3.8) is 0 Å². The molecule has 0 aliphatic heterocycles. The van der Waals surface area contributed by atoms with Crippen molar-refractivity contribution >= 4 is 29.0 Å². The first kappa shape index (κ1) is 24.0. The lowest BCUT2D eigenvalue weighted by Crippen LogP contribution is -2.71. The third kappa shape index (κ3) is 3.11. The van der Waals surface area contributed by atoms with Gasteiger partial charge in [0.2, 0.25) is 5.91 Å². The van der Waals surface area contributed by atoms with Gasteiger partial charge in [0, 0.05) is 12.3 Å². The van der Waals surface area contributed by atoms with Crippen molar-refractivity contribution in [1.29, 1.82) is 0 Å². The number of benzene rings is 1. The molecule has 4 N–H and O–H groups in total. The van der Waals surface area contributed by atoms with Crippen molar-refractivity contribution < 1.29 is 34.2 Å². The topological polar surface area (TPSA) is 152 Å². The number of phenolic OH excluding ortho intramolecular Hbond substituents is 1. The zero-order valence-electron chi connectivity index (χ0n) is 19.4. The van der Waals surface area contributed by atoms with E-state index in [1.165, 1.54) is 6.07 Å².